The minimum absolute atomic E-state index is 0.0908. The number of nitrogens with zero attached hydrogens (tertiary/aromatic N) is 4. The molecule has 0 unspecified atom stereocenters. The summed E-state index contributed by atoms with van der Waals surface area (Å²) in [6, 6.07) is 0. The molecule has 0 aromatic carbocycles. The molecule has 1 aromatic rings. The van der Waals surface area contributed by atoms with Crippen molar-refractivity contribution >= 4 is 6.09 Å². The summed E-state index contributed by atoms with van der Waals surface area (Å²) in [6.07, 6.45) is -5.01. The third kappa shape index (κ3) is 4.06. The number of carbonyl (C=O) groups is 1. The van der Waals surface area contributed by atoms with Gasteiger partial charge < -0.3 is 14.1 Å². The van der Waals surface area contributed by atoms with Crippen molar-refractivity contribution in [3.63, 3.8) is 0 Å². The standard InChI is InChI=1S/C11H15F3N4O3/c1-2-20-10(19)18-5-3-17(4-6-18)7-8-15-16-9(21-8)11(12,13)14/h2-7H2,1H3. The van der Waals surface area contributed by atoms with Gasteiger partial charge in [-0.3, -0.25) is 4.90 Å². The second-order valence-corrected chi connectivity index (χ2v) is 4.46. The van der Waals surface area contributed by atoms with Gasteiger partial charge in [0.05, 0.1) is 13.2 Å². The van der Waals surface area contributed by atoms with Gasteiger partial charge in [0.2, 0.25) is 5.89 Å². The number of amides is 1. The van der Waals surface area contributed by atoms with Crippen LogP contribution >= 0.6 is 0 Å². The molecule has 2 rings (SSSR count). The van der Waals surface area contributed by atoms with Crippen molar-refractivity contribution in [1.82, 2.24) is 20.0 Å². The fourth-order valence-corrected chi connectivity index (χ4v) is 1.93. The van der Waals surface area contributed by atoms with Crippen LogP contribution < -0.4 is 0 Å². The van der Waals surface area contributed by atoms with E-state index in [1.54, 1.807) is 11.8 Å². The monoisotopic (exact) mass is 308 g/mol. The van der Waals surface area contributed by atoms with Gasteiger partial charge in [-0.2, -0.15) is 13.2 Å². The summed E-state index contributed by atoms with van der Waals surface area (Å²) < 4.78 is 46.4. The van der Waals surface area contributed by atoms with Crippen molar-refractivity contribution in [3.8, 4) is 0 Å². The van der Waals surface area contributed by atoms with Gasteiger partial charge in [-0.25, -0.2) is 4.79 Å². The number of halogens is 3. The van der Waals surface area contributed by atoms with Gasteiger partial charge in [0.15, 0.2) is 0 Å². The minimum atomic E-state index is -4.63. The van der Waals surface area contributed by atoms with Crippen molar-refractivity contribution < 1.29 is 27.1 Å². The normalized spacial score (nSPS) is 17.0. The van der Waals surface area contributed by atoms with Crippen molar-refractivity contribution in [2.45, 2.75) is 19.6 Å². The van der Waals surface area contributed by atoms with E-state index in [9.17, 15) is 18.0 Å². The molecule has 10 heteroatoms. The maximum Gasteiger partial charge on any atom is 0.470 e. The Bertz CT molecular complexity index is 483. The summed E-state index contributed by atoms with van der Waals surface area (Å²) in [6.45, 7) is 4.05. The molecular weight excluding hydrogens is 293 g/mol. The largest absolute Gasteiger partial charge is 0.470 e. The van der Waals surface area contributed by atoms with E-state index in [0.29, 0.717) is 32.8 Å². The molecule has 7 nitrogen and oxygen atoms in total. The third-order valence-electron chi connectivity index (χ3n) is 2.97. The Morgan fingerprint density at radius 2 is 1.95 bits per heavy atom. The first-order chi connectivity index (χ1) is 9.90. The molecule has 2 heterocycles. The number of rotatable bonds is 3. The van der Waals surface area contributed by atoms with E-state index in [-0.39, 0.29) is 18.5 Å². The summed E-state index contributed by atoms with van der Waals surface area (Å²) in [5.41, 5.74) is 0. The van der Waals surface area contributed by atoms with E-state index < -0.39 is 12.1 Å². The highest BCUT2D eigenvalue weighted by Crippen LogP contribution is 2.27. The highest BCUT2D eigenvalue weighted by Gasteiger charge is 2.38. The van der Waals surface area contributed by atoms with E-state index in [0.717, 1.165) is 0 Å². The van der Waals surface area contributed by atoms with E-state index >= 15 is 0 Å². The van der Waals surface area contributed by atoms with E-state index in [4.69, 9.17) is 4.74 Å². The zero-order valence-electron chi connectivity index (χ0n) is 11.4. The lowest BCUT2D eigenvalue weighted by Gasteiger charge is -2.33. The van der Waals surface area contributed by atoms with Crippen LogP contribution in [0.3, 0.4) is 0 Å². The smallest absolute Gasteiger partial charge is 0.450 e. The SMILES string of the molecule is CCOC(=O)N1CCN(Cc2nnc(C(F)(F)F)o2)CC1. The number of hydrogen-bond donors (Lipinski definition) is 0. The Morgan fingerprint density at radius 1 is 1.29 bits per heavy atom. The fourth-order valence-electron chi connectivity index (χ4n) is 1.93. The molecule has 1 aromatic heterocycles. The van der Waals surface area contributed by atoms with Gasteiger partial charge in [-0.1, -0.05) is 0 Å². The second kappa shape index (κ2) is 6.29. The van der Waals surface area contributed by atoms with Crippen LogP contribution in [0.4, 0.5) is 18.0 Å². The molecule has 1 aliphatic heterocycles. The zero-order chi connectivity index (χ0) is 15.5. The number of carbonyl (C=O) groups excluding carboxylic acids is 1. The van der Waals surface area contributed by atoms with Crippen LogP contribution in [-0.4, -0.2) is 58.9 Å². The lowest BCUT2D eigenvalue weighted by atomic mass is 10.3. The molecule has 21 heavy (non-hydrogen) atoms. The molecule has 0 atom stereocenters. The summed E-state index contributed by atoms with van der Waals surface area (Å²) in [5.74, 6) is -1.44. The van der Waals surface area contributed by atoms with Crippen LogP contribution in [0.15, 0.2) is 4.42 Å². The van der Waals surface area contributed by atoms with Crippen LogP contribution in [0.25, 0.3) is 0 Å². The summed E-state index contributed by atoms with van der Waals surface area (Å²) in [7, 11) is 0. The Balaban J connectivity index is 1.83. The van der Waals surface area contributed by atoms with Crippen LogP contribution in [0.2, 0.25) is 0 Å². The number of hydrogen-bond acceptors (Lipinski definition) is 6. The van der Waals surface area contributed by atoms with Crippen LogP contribution in [-0.2, 0) is 17.5 Å². The number of alkyl halides is 3. The van der Waals surface area contributed by atoms with E-state index in [1.165, 1.54) is 0 Å². The highest BCUT2D eigenvalue weighted by molar-refractivity contribution is 5.67. The average molecular weight is 308 g/mol. The molecule has 0 spiro atoms. The molecule has 1 aliphatic rings. The van der Waals surface area contributed by atoms with Gasteiger partial charge in [0.25, 0.3) is 0 Å². The second-order valence-electron chi connectivity index (χ2n) is 4.46. The quantitative estimate of drug-likeness (QED) is 0.839. The van der Waals surface area contributed by atoms with Crippen LogP contribution in [0.1, 0.15) is 18.7 Å². The zero-order valence-corrected chi connectivity index (χ0v) is 11.4. The highest BCUT2D eigenvalue weighted by atomic mass is 19.4. The van der Waals surface area contributed by atoms with Gasteiger partial charge in [0.1, 0.15) is 0 Å². The Labute approximate surface area is 118 Å². The lowest BCUT2D eigenvalue weighted by molar-refractivity contribution is -0.157. The van der Waals surface area contributed by atoms with E-state index in [1.807, 2.05) is 4.90 Å². The van der Waals surface area contributed by atoms with Crippen LogP contribution in [0.5, 0.6) is 0 Å². The molecular formula is C11H15F3N4O3. The molecule has 0 N–H and O–H groups in total. The first-order valence-corrected chi connectivity index (χ1v) is 6.43. The molecule has 1 saturated heterocycles. The van der Waals surface area contributed by atoms with Crippen molar-refractivity contribution in [2.24, 2.45) is 0 Å². The molecule has 118 valence electrons. The maximum atomic E-state index is 12.3. The fraction of sp³-hybridized carbons (Fsp3) is 0.727. The molecule has 0 saturated carbocycles. The van der Waals surface area contributed by atoms with E-state index in [2.05, 4.69) is 14.6 Å². The average Bonchev–Trinajstić information content (AvgIpc) is 2.88. The van der Waals surface area contributed by atoms with Gasteiger partial charge in [-0.05, 0) is 6.92 Å². The van der Waals surface area contributed by atoms with Crippen molar-refractivity contribution in [1.29, 1.82) is 0 Å². The third-order valence-corrected chi connectivity index (χ3v) is 2.97. The molecule has 1 amide bonds. The predicted octanol–water partition coefficient (Wildman–Crippen LogP) is 1.36. The van der Waals surface area contributed by atoms with Crippen LogP contribution in [0, 0.1) is 0 Å². The predicted molar refractivity (Wildman–Crippen MR) is 63.2 cm³/mol. The van der Waals surface area contributed by atoms with Gasteiger partial charge >= 0.3 is 18.2 Å². The maximum absolute atomic E-state index is 12.3. The lowest BCUT2D eigenvalue weighted by Crippen LogP contribution is -2.48. The van der Waals surface area contributed by atoms with Gasteiger partial charge in [-0.15, -0.1) is 10.2 Å². The van der Waals surface area contributed by atoms with Crippen molar-refractivity contribution in [3.05, 3.63) is 11.8 Å². The molecule has 0 aliphatic carbocycles. The Kier molecular flexibility index (Phi) is 4.66. The first-order valence-electron chi connectivity index (χ1n) is 6.43. The Morgan fingerprint density at radius 3 is 2.48 bits per heavy atom. The summed E-state index contributed by atoms with van der Waals surface area (Å²) in [5, 5.41) is 6.34. The van der Waals surface area contributed by atoms with Crippen molar-refractivity contribution in [2.75, 3.05) is 32.8 Å². The van der Waals surface area contributed by atoms with Gasteiger partial charge in [0, 0.05) is 26.2 Å². The molecule has 0 radical (unpaired) electrons. The topological polar surface area (TPSA) is 71.7 Å². The number of piperazine rings is 1. The number of aromatic nitrogens is 2. The number of ether oxygens (including phenoxy) is 1. The molecule has 1 fully saturated rings. The first kappa shape index (κ1) is 15.5. The Hall–Kier alpha value is -1.84. The summed E-state index contributed by atoms with van der Waals surface area (Å²) >= 11 is 0. The molecule has 0 bridgehead atoms. The summed E-state index contributed by atoms with van der Waals surface area (Å²) in [4.78, 5) is 14.9. The minimum Gasteiger partial charge on any atom is -0.450 e.